The summed E-state index contributed by atoms with van der Waals surface area (Å²) in [5.74, 6) is 0.272. The fraction of sp³-hybridized carbons (Fsp3) is 0.462. The zero-order valence-corrected chi connectivity index (χ0v) is 10.6. The summed E-state index contributed by atoms with van der Waals surface area (Å²) >= 11 is 0. The van der Waals surface area contributed by atoms with Crippen LogP contribution in [0.25, 0.3) is 0 Å². The average Bonchev–Trinajstić information content (AvgIpc) is 2.69. The number of rotatable bonds is 3. The molecule has 0 spiro atoms. The van der Waals surface area contributed by atoms with Crippen LogP contribution in [0.3, 0.4) is 0 Å². The minimum absolute atomic E-state index is 0.0946. The van der Waals surface area contributed by atoms with Crippen molar-refractivity contribution in [3.05, 3.63) is 29.6 Å². The summed E-state index contributed by atoms with van der Waals surface area (Å²) < 4.78 is 18.6. The molecule has 1 atom stereocenters. The zero-order valence-electron chi connectivity index (χ0n) is 10.6. The lowest BCUT2D eigenvalue weighted by Crippen LogP contribution is -2.57. The maximum atomic E-state index is 13.4. The molecule has 5 nitrogen and oxygen atoms in total. The van der Waals surface area contributed by atoms with Gasteiger partial charge in [-0.1, -0.05) is 0 Å². The van der Waals surface area contributed by atoms with E-state index in [1.54, 1.807) is 18.1 Å². The molecule has 6 heteroatoms. The largest absolute Gasteiger partial charge is 0.496 e. The SMILES string of the molecule is COc1ccc(F)cc1C1CN(C2CNC2)C(=O)N1. The molecule has 3 rings (SSSR count). The fourth-order valence-electron chi connectivity index (χ4n) is 2.52. The lowest BCUT2D eigenvalue weighted by atomic mass is 10.1. The number of methoxy groups -OCH3 is 1. The Kier molecular flexibility index (Phi) is 3.02. The third kappa shape index (κ3) is 2.12. The van der Waals surface area contributed by atoms with Crippen molar-refractivity contribution in [1.82, 2.24) is 15.5 Å². The van der Waals surface area contributed by atoms with Crippen molar-refractivity contribution in [3.63, 3.8) is 0 Å². The Hall–Kier alpha value is -1.82. The van der Waals surface area contributed by atoms with Crippen LogP contribution in [0.15, 0.2) is 18.2 Å². The van der Waals surface area contributed by atoms with Gasteiger partial charge in [0.1, 0.15) is 11.6 Å². The van der Waals surface area contributed by atoms with E-state index in [1.807, 2.05) is 0 Å². The first-order chi connectivity index (χ1) is 9.19. The molecule has 2 fully saturated rings. The lowest BCUT2D eigenvalue weighted by molar-refractivity contribution is 0.172. The molecule has 2 saturated heterocycles. The maximum Gasteiger partial charge on any atom is 0.318 e. The average molecular weight is 265 g/mol. The van der Waals surface area contributed by atoms with Crippen LogP contribution in [0.2, 0.25) is 0 Å². The summed E-state index contributed by atoms with van der Waals surface area (Å²) in [6.07, 6.45) is 0. The number of ether oxygens (including phenoxy) is 1. The summed E-state index contributed by atoms with van der Waals surface area (Å²) in [6, 6.07) is 4.29. The lowest BCUT2D eigenvalue weighted by Gasteiger charge is -2.34. The topological polar surface area (TPSA) is 53.6 Å². The first kappa shape index (κ1) is 12.2. The second kappa shape index (κ2) is 4.70. The number of nitrogens with zero attached hydrogens (tertiary/aromatic N) is 1. The Bertz CT molecular complexity index is 505. The Balaban J connectivity index is 1.83. The predicted molar refractivity (Wildman–Crippen MR) is 67.6 cm³/mol. The smallest absolute Gasteiger partial charge is 0.318 e. The molecule has 2 N–H and O–H groups in total. The van der Waals surface area contributed by atoms with Crippen LogP contribution in [0.1, 0.15) is 11.6 Å². The number of carbonyl (C=O) groups excluding carboxylic acids is 1. The van der Waals surface area contributed by atoms with Crippen molar-refractivity contribution < 1.29 is 13.9 Å². The van der Waals surface area contributed by atoms with E-state index >= 15 is 0 Å². The number of benzene rings is 1. The van der Waals surface area contributed by atoms with Crippen molar-refractivity contribution in [1.29, 1.82) is 0 Å². The molecule has 0 bridgehead atoms. The number of hydrogen-bond acceptors (Lipinski definition) is 3. The Morgan fingerprint density at radius 3 is 2.84 bits per heavy atom. The normalized spacial score (nSPS) is 23.2. The molecule has 1 aromatic rings. The van der Waals surface area contributed by atoms with Crippen LogP contribution in [0.4, 0.5) is 9.18 Å². The molecule has 1 aromatic carbocycles. The minimum atomic E-state index is -0.325. The van der Waals surface area contributed by atoms with Gasteiger partial charge in [-0.25, -0.2) is 9.18 Å². The first-order valence-corrected chi connectivity index (χ1v) is 6.30. The van der Waals surface area contributed by atoms with Gasteiger partial charge < -0.3 is 20.3 Å². The highest BCUT2D eigenvalue weighted by Gasteiger charge is 2.37. The van der Waals surface area contributed by atoms with Gasteiger partial charge in [-0.15, -0.1) is 0 Å². The van der Waals surface area contributed by atoms with Gasteiger partial charge in [-0.05, 0) is 18.2 Å². The van der Waals surface area contributed by atoms with Crippen molar-refractivity contribution in [2.24, 2.45) is 0 Å². The molecule has 2 aliphatic heterocycles. The summed E-state index contributed by atoms with van der Waals surface area (Å²) in [5, 5.41) is 6.02. The Morgan fingerprint density at radius 2 is 2.21 bits per heavy atom. The standard InChI is InChI=1S/C13H16FN3O2/c1-19-12-3-2-8(14)4-10(12)11-7-17(13(18)16-11)9-5-15-6-9/h2-4,9,11,15H,5-7H2,1H3,(H,16,18). The third-order valence-electron chi connectivity index (χ3n) is 3.71. The zero-order chi connectivity index (χ0) is 13.4. The maximum absolute atomic E-state index is 13.4. The summed E-state index contributed by atoms with van der Waals surface area (Å²) in [6.45, 7) is 2.19. The van der Waals surface area contributed by atoms with E-state index in [0.29, 0.717) is 17.9 Å². The minimum Gasteiger partial charge on any atom is -0.496 e. The van der Waals surface area contributed by atoms with E-state index in [1.165, 1.54) is 12.1 Å². The summed E-state index contributed by atoms with van der Waals surface area (Å²) in [4.78, 5) is 13.7. The van der Waals surface area contributed by atoms with Crippen molar-refractivity contribution in [3.8, 4) is 5.75 Å². The second-order valence-electron chi connectivity index (χ2n) is 4.85. The molecular weight excluding hydrogens is 249 g/mol. The fourth-order valence-corrected chi connectivity index (χ4v) is 2.52. The molecule has 0 aromatic heterocycles. The third-order valence-corrected chi connectivity index (χ3v) is 3.71. The highest BCUT2D eigenvalue weighted by atomic mass is 19.1. The van der Waals surface area contributed by atoms with E-state index in [9.17, 15) is 9.18 Å². The van der Waals surface area contributed by atoms with Crippen LogP contribution >= 0.6 is 0 Å². The number of halogens is 1. The molecule has 0 radical (unpaired) electrons. The van der Waals surface area contributed by atoms with Gasteiger partial charge in [-0.2, -0.15) is 0 Å². The molecule has 102 valence electrons. The van der Waals surface area contributed by atoms with Gasteiger partial charge in [0.2, 0.25) is 0 Å². The molecule has 2 amide bonds. The number of hydrogen-bond donors (Lipinski definition) is 2. The second-order valence-corrected chi connectivity index (χ2v) is 4.85. The van der Waals surface area contributed by atoms with Crippen LogP contribution in [0.5, 0.6) is 5.75 Å². The molecule has 0 aliphatic carbocycles. The van der Waals surface area contributed by atoms with Crippen LogP contribution in [-0.2, 0) is 0 Å². The highest BCUT2D eigenvalue weighted by Crippen LogP contribution is 2.30. The molecule has 0 saturated carbocycles. The van der Waals surface area contributed by atoms with Gasteiger partial charge >= 0.3 is 6.03 Å². The van der Waals surface area contributed by atoms with Crippen molar-refractivity contribution in [2.45, 2.75) is 12.1 Å². The van der Waals surface area contributed by atoms with Gasteiger partial charge in [0.25, 0.3) is 0 Å². The van der Waals surface area contributed by atoms with Crippen LogP contribution in [0, 0.1) is 5.82 Å². The van der Waals surface area contributed by atoms with Crippen molar-refractivity contribution >= 4 is 6.03 Å². The number of urea groups is 1. The molecular formula is C13H16FN3O2. The quantitative estimate of drug-likeness (QED) is 0.852. The van der Waals surface area contributed by atoms with Crippen molar-refractivity contribution in [2.75, 3.05) is 26.7 Å². The number of amides is 2. The Labute approximate surface area is 110 Å². The Morgan fingerprint density at radius 1 is 1.42 bits per heavy atom. The van der Waals surface area contributed by atoms with Gasteiger partial charge in [0.15, 0.2) is 0 Å². The van der Waals surface area contributed by atoms with Gasteiger partial charge in [0.05, 0.1) is 19.2 Å². The molecule has 19 heavy (non-hydrogen) atoms. The van der Waals surface area contributed by atoms with Crippen LogP contribution < -0.4 is 15.4 Å². The number of nitrogens with one attached hydrogen (secondary N) is 2. The molecule has 2 heterocycles. The van der Waals surface area contributed by atoms with E-state index in [-0.39, 0.29) is 23.9 Å². The monoisotopic (exact) mass is 265 g/mol. The van der Waals surface area contributed by atoms with Gasteiger partial charge in [-0.3, -0.25) is 0 Å². The van der Waals surface area contributed by atoms with E-state index in [0.717, 1.165) is 13.1 Å². The van der Waals surface area contributed by atoms with E-state index in [4.69, 9.17) is 4.74 Å². The molecule has 1 unspecified atom stereocenters. The van der Waals surface area contributed by atoms with E-state index < -0.39 is 0 Å². The van der Waals surface area contributed by atoms with E-state index in [2.05, 4.69) is 10.6 Å². The highest BCUT2D eigenvalue weighted by molar-refractivity contribution is 5.78. The van der Waals surface area contributed by atoms with Gasteiger partial charge in [0, 0.05) is 25.2 Å². The first-order valence-electron chi connectivity index (χ1n) is 6.30. The predicted octanol–water partition coefficient (Wildman–Crippen LogP) is 0.872. The van der Waals surface area contributed by atoms with Crippen LogP contribution in [-0.4, -0.2) is 43.7 Å². The molecule has 2 aliphatic rings. The summed E-state index contributed by atoms with van der Waals surface area (Å²) in [5.41, 5.74) is 0.686. The summed E-state index contributed by atoms with van der Waals surface area (Å²) in [7, 11) is 1.54. The number of carbonyl (C=O) groups is 1.